The molecule has 0 amide bonds. The number of benzene rings is 6. The second kappa shape index (κ2) is 18.4. The lowest BCUT2D eigenvalue weighted by Crippen LogP contribution is -2.28. The minimum atomic E-state index is -0.722. The molecule has 2 nitrogen and oxygen atoms in total. The Labute approximate surface area is 328 Å². The zero-order chi connectivity index (χ0) is 36.5. The monoisotopic (exact) mass is 762 g/mol. The van der Waals surface area contributed by atoms with E-state index in [2.05, 4.69) is 198 Å². The van der Waals surface area contributed by atoms with Crippen molar-refractivity contribution < 1.29 is 0 Å². The molecule has 6 aromatic carbocycles. The van der Waals surface area contributed by atoms with Crippen LogP contribution in [0.15, 0.2) is 182 Å². The van der Waals surface area contributed by atoms with Crippen LogP contribution in [0.1, 0.15) is 83.4 Å². The number of nitrogens with zero attached hydrogens (tertiary/aromatic N) is 2. The largest absolute Gasteiger partial charge is 0.284 e. The highest BCUT2D eigenvalue weighted by Gasteiger charge is 2.44. The summed E-state index contributed by atoms with van der Waals surface area (Å²) in [6, 6.07) is 68.8. The van der Waals surface area contributed by atoms with Gasteiger partial charge in [-0.15, -0.1) is 0 Å². The first-order valence-corrected chi connectivity index (χ1v) is 24.1. The average Bonchev–Trinajstić information content (AvgIpc) is 3.90. The van der Waals surface area contributed by atoms with Crippen LogP contribution in [0, 0.1) is 0 Å². The molecule has 0 radical (unpaired) electrons. The van der Waals surface area contributed by atoms with Crippen LogP contribution in [-0.2, 0) is 0 Å². The summed E-state index contributed by atoms with van der Waals surface area (Å²) < 4.78 is 5.89. The molecule has 4 atom stereocenters. The quantitative estimate of drug-likeness (QED) is 0.0805. The molecule has 0 bridgehead atoms. The summed E-state index contributed by atoms with van der Waals surface area (Å²) in [6.45, 7) is 2.26. The van der Waals surface area contributed by atoms with E-state index < -0.39 is 16.1 Å². The van der Waals surface area contributed by atoms with Crippen LogP contribution in [-0.4, -0.2) is 29.2 Å². The van der Waals surface area contributed by atoms with Gasteiger partial charge in [-0.1, -0.05) is 182 Å². The average molecular weight is 763 g/mol. The van der Waals surface area contributed by atoms with Crippen LogP contribution in [0.5, 0.6) is 0 Å². The topological polar surface area (TPSA) is 6.48 Å². The molecule has 0 unspecified atom stereocenters. The lowest BCUT2D eigenvalue weighted by Gasteiger charge is -2.43. The van der Waals surface area contributed by atoms with Gasteiger partial charge in [0.15, 0.2) is 0 Å². The highest BCUT2D eigenvalue weighted by molar-refractivity contribution is 7.79. The first kappa shape index (κ1) is 37.5. The van der Waals surface area contributed by atoms with Gasteiger partial charge in [-0.25, -0.2) is 0 Å². The molecule has 0 spiro atoms. The van der Waals surface area contributed by atoms with Crippen molar-refractivity contribution >= 4 is 34.8 Å². The van der Waals surface area contributed by atoms with E-state index in [1.54, 1.807) is 0 Å². The third kappa shape index (κ3) is 8.51. The third-order valence-electron chi connectivity index (χ3n) is 11.4. The molecule has 2 saturated heterocycles. The Morgan fingerprint density at radius 1 is 0.407 bits per heavy atom. The van der Waals surface area contributed by atoms with Gasteiger partial charge in [0.2, 0.25) is 0 Å². The van der Waals surface area contributed by atoms with Gasteiger partial charge in [0.1, 0.15) is 0 Å². The molecular weight excluding hydrogens is 709 g/mol. The summed E-state index contributed by atoms with van der Waals surface area (Å²) in [4.78, 5) is 0. The number of rotatable bonds is 14. The summed E-state index contributed by atoms with van der Waals surface area (Å²) in [5.74, 6) is 0. The van der Waals surface area contributed by atoms with Gasteiger partial charge in [0.25, 0.3) is 0 Å². The van der Waals surface area contributed by atoms with Gasteiger partial charge >= 0.3 is 0 Å². The molecule has 2 heterocycles. The summed E-state index contributed by atoms with van der Waals surface area (Å²) in [5.41, 5.74) is 8.43. The smallest absolute Gasteiger partial charge is 0.0318 e. The number of unbranched alkanes of at least 4 members (excludes halogenated alkanes) is 1. The molecule has 8 rings (SSSR count). The van der Waals surface area contributed by atoms with Gasteiger partial charge in [0.05, 0.1) is 0 Å². The maximum atomic E-state index is 3.08. The molecule has 0 aliphatic carbocycles. The van der Waals surface area contributed by atoms with E-state index in [9.17, 15) is 0 Å². The zero-order valence-corrected chi connectivity index (χ0v) is 34.2. The van der Waals surface area contributed by atoms with Gasteiger partial charge in [0, 0.05) is 43.8 Å². The van der Waals surface area contributed by atoms with Crippen LogP contribution in [0.4, 0.5) is 0 Å². The molecule has 0 N–H and O–H groups in total. The second-order valence-electron chi connectivity index (χ2n) is 14.8. The lowest BCUT2D eigenvalue weighted by atomic mass is 10.0. The molecule has 6 aromatic rings. The van der Waals surface area contributed by atoms with Gasteiger partial charge in [-0.2, -0.15) is 0 Å². The standard InChI is InChI=1S/C49H53N2P3/c1-50(53-46(40-22-8-2-9-23-40)34-35-47(53)41-24-10-3-11-25-41)38-20-21-39-51(52(44-30-16-6-17-31-44)45-32-18-7-19-33-45)54-48(42-26-12-4-13-27-42)36-37-49(54)43-28-14-5-15-29-43/h2-19,22-33,46-49H,20-21,34-39H2,1H3/t46-,47-,48-,49-/m0/s1. The van der Waals surface area contributed by atoms with Crippen LogP contribution < -0.4 is 10.6 Å². The van der Waals surface area contributed by atoms with E-state index in [0.717, 1.165) is 13.1 Å². The van der Waals surface area contributed by atoms with Gasteiger partial charge in [-0.05, 0) is 94.6 Å². The van der Waals surface area contributed by atoms with E-state index >= 15 is 0 Å². The number of hydrogen-bond acceptors (Lipinski definition) is 2. The van der Waals surface area contributed by atoms with Crippen molar-refractivity contribution in [2.24, 2.45) is 0 Å². The van der Waals surface area contributed by atoms with Crippen LogP contribution in [0.3, 0.4) is 0 Å². The zero-order valence-electron chi connectivity index (χ0n) is 31.5. The minimum absolute atomic E-state index is 0.358. The number of hydrogen-bond donors (Lipinski definition) is 0. The summed E-state index contributed by atoms with van der Waals surface area (Å²) in [7, 11) is 0.826. The lowest BCUT2D eigenvalue weighted by molar-refractivity contribution is 0.491. The Kier molecular flexibility index (Phi) is 12.8. The van der Waals surface area contributed by atoms with Crippen molar-refractivity contribution in [2.75, 3.05) is 20.1 Å². The molecule has 0 saturated carbocycles. The van der Waals surface area contributed by atoms with E-state index in [1.165, 1.54) is 71.4 Å². The fourth-order valence-electron chi connectivity index (χ4n) is 8.95. The van der Waals surface area contributed by atoms with Crippen LogP contribution >= 0.6 is 24.2 Å². The molecule has 54 heavy (non-hydrogen) atoms. The predicted octanol–water partition coefficient (Wildman–Crippen LogP) is 13.4. The molecule has 2 aliphatic rings. The van der Waals surface area contributed by atoms with Crippen molar-refractivity contribution in [1.82, 2.24) is 9.11 Å². The van der Waals surface area contributed by atoms with Crippen molar-refractivity contribution in [3.05, 3.63) is 204 Å². The van der Waals surface area contributed by atoms with Crippen LogP contribution in [0.25, 0.3) is 0 Å². The highest BCUT2D eigenvalue weighted by Crippen LogP contribution is 2.76. The minimum Gasteiger partial charge on any atom is -0.284 e. The van der Waals surface area contributed by atoms with Gasteiger partial charge < -0.3 is 0 Å². The van der Waals surface area contributed by atoms with E-state index in [0.29, 0.717) is 22.6 Å². The first-order chi connectivity index (χ1) is 26.8. The first-order valence-electron chi connectivity index (χ1n) is 19.9. The maximum Gasteiger partial charge on any atom is 0.0318 e. The van der Waals surface area contributed by atoms with Crippen molar-refractivity contribution in [3.63, 3.8) is 0 Å². The second-order valence-corrected chi connectivity index (χ2v) is 22.4. The van der Waals surface area contributed by atoms with E-state index in [1.807, 2.05) is 0 Å². The third-order valence-corrected chi connectivity index (χ3v) is 21.3. The molecular formula is C49H53N2P3. The Morgan fingerprint density at radius 3 is 1.06 bits per heavy atom. The highest BCUT2D eigenvalue weighted by atomic mass is 31.2. The summed E-state index contributed by atoms with van der Waals surface area (Å²) >= 11 is 0. The fourth-order valence-corrected chi connectivity index (χ4v) is 20.0. The Bertz CT molecular complexity index is 1850. The van der Waals surface area contributed by atoms with Crippen molar-refractivity contribution in [2.45, 2.75) is 61.2 Å². The summed E-state index contributed by atoms with van der Waals surface area (Å²) in [5, 5.41) is 2.93. The Morgan fingerprint density at radius 2 is 0.704 bits per heavy atom. The van der Waals surface area contributed by atoms with Crippen molar-refractivity contribution in [1.29, 1.82) is 0 Å². The van der Waals surface area contributed by atoms with Gasteiger partial charge in [-0.3, -0.25) is 9.11 Å². The maximum absolute atomic E-state index is 3.08. The molecule has 5 heteroatoms. The Balaban J connectivity index is 1.11. The Hall–Kier alpha value is -3.47. The molecule has 2 aliphatic heterocycles. The fraction of sp³-hybridized carbons (Fsp3) is 0.265. The van der Waals surface area contributed by atoms with Crippen molar-refractivity contribution in [3.8, 4) is 0 Å². The summed E-state index contributed by atoms with van der Waals surface area (Å²) in [6.07, 6.45) is 7.44. The molecule has 274 valence electrons. The van der Waals surface area contributed by atoms with E-state index in [-0.39, 0.29) is 8.07 Å². The van der Waals surface area contributed by atoms with Crippen LogP contribution in [0.2, 0.25) is 0 Å². The molecule has 0 aromatic heterocycles. The van der Waals surface area contributed by atoms with E-state index in [4.69, 9.17) is 0 Å². The normalized spacial score (nSPS) is 20.7. The molecule has 2 fully saturated rings. The SMILES string of the molecule is CN(CCCCN(P(c1ccccc1)c1ccccc1)P1[C@H](c2ccccc2)CC[C@H]1c1ccccc1)P1[C@H](c2ccccc2)CC[C@H]1c1ccccc1. The predicted molar refractivity (Wildman–Crippen MR) is 237 cm³/mol.